The molecule has 6 nitrogen and oxygen atoms in total. The third kappa shape index (κ3) is 3.91. The normalized spacial score (nSPS) is 18.9. The SMILES string of the molecule is CCCOc1nc(Cl)nc(N2CCC(COC)C2)n1. The number of hydrogen-bond donors (Lipinski definition) is 0. The van der Waals surface area contributed by atoms with Crippen molar-refractivity contribution in [3.63, 3.8) is 0 Å². The molecule has 0 N–H and O–H groups in total. The quantitative estimate of drug-likeness (QED) is 0.794. The second-order valence-electron chi connectivity index (χ2n) is 4.59. The summed E-state index contributed by atoms with van der Waals surface area (Å²) in [5.41, 5.74) is 0. The van der Waals surface area contributed by atoms with Crippen LogP contribution in [0.2, 0.25) is 5.28 Å². The fraction of sp³-hybridized carbons (Fsp3) is 0.750. The molecule has 1 aromatic heterocycles. The van der Waals surface area contributed by atoms with Crippen LogP contribution in [0.3, 0.4) is 0 Å². The summed E-state index contributed by atoms with van der Waals surface area (Å²) in [6.07, 6.45) is 1.97. The lowest BCUT2D eigenvalue weighted by Gasteiger charge is -2.16. The molecular weight excluding hydrogens is 268 g/mol. The van der Waals surface area contributed by atoms with Crippen molar-refractivity contribution in [3.05, 3.63) is 5.28 Å². The lowest BCUT2D eigenvalue weighted by atomic mass is 10.1. The molecule has 1 fully saturated rings. The van der Waals surface area contributed by atoms with E-state index in [1.807, 2.05) is 6.92 Å². The first-order chi connectivity index (χ1) is 9.22. The summed E-state index contributed by atoms with van der Waals surface area (Å²) in [4.78, 5) is 14.5. The molecule has 1 unspecified atom stereocenters. The zero-order chi connectivity index (χ0) is 13.7. The van der Waals surface area contributed by atoms with Gasteiger partial charge in [-0.25, -0.2) is 0 Å². The molecule has 2 heterocycles. The minimum absolute atomic E-state index is 0.172. The third-order valence-corrected chi connectivity index (χ3v) is 3.15. The van der Waals surface area contributed by atoms with Gasteiger partial charge in [0, 0.05) is 26.1 Å². The summed E-state index contributed by atoms with van der Waals surface area (Å²) in [7, 11) is 1.72. The maximum Gasteiger partial charge on any atom is 0.322 e. The molecule has 0 aromatic carbocycles. The van der Waals surface area contributed by atoms with Crippen LogP contribution < -0.4 is 9.64 Å². The van der Waals surface area contributed by atoms with Gasteiger partial charge in [0.15, 0.2) is 0 Å². The van der Waals surface area contributed by atoms with Crippen LogP contribution in [-0.4, -0.2) is 48.4 Å². The van der Waals surface area contributed by atoms with Crippen LogP contribution in [0.15, 0.2) is 0 Å². The fourth-order valence-electron chi connectivity index (χ4n) is 2.11. The van der Waals surface area contributed by atoms with E-state index in [0.717, 1.165) is 32.5 Å². The van der Waals surface area contributed by atoms with Crippen molar-refractivity contribution in [2.75, 3.05) is 38.3 Å². The summed E-state index contributed by atoms with van der Waals surface area (Å²) in [6.45, 7) is 5.14. The molecule has 0 saturated carbocycles. The van der Waals surface area contributed by atoms with Crippen LogP contribution in [0.4, 0.5) is 5.95 Å². The molecule has 0 amide bonds. The maximum atomic E-state index is 5.91. The van der Waals surface area contributed by atoms with Gasteiger partial charge in [-0.1, -0.05) is 6.92 Å². The van der Waals surface area contributed by atoms with Gasteiger partial charge >= 0.3 is 6.01 Å². The molecule has 106 valence electrons. The summed E-state index contributed by atoms with van der Waals surface area (Å²) in [5, 5.41) is 0.172. The van der Waals surface area contributed by atoms with Crippen LogP contribution in [0.25, 0.3) is 0 Å². The third-order valence-electron chi connectivity index (χ3n) is 2.98. The van der Waals surface area contributed by atoms with Crippen molar-refractivity contribution in [1.82, 2.24) is 15.0 Å². The number of aromatic nitrogens is 3. The number of methoxy groups -OCH3 is 1. The topological polar surface area (TPSA) is 60.4 Å². The predicted octanol–water partition coefficient (Wildman–Crippen LogP) is 1.79. The van der Waals surface area contributed by atoms with Crippen molar-refractivity contribution in [3.8, 4) is 6.01 Å². The summed E-state index contributed by atoms with van der Waals surface area (Å²) in [6, 6.07) is 0.298. The van der Waals surface area contributed by atoms with Gasteiger partial charge < -0.3 is 14.4 Å². The number of anilines is 1. The standard InChI is InChI=1S/C12H19ClN4O2/c1-3-6-19-12-15-10(13)14-11(16-12)17-5-4-9(7-17)8-18-2/h9H,3-8H2,1-2H3. The number of halogens is 1. The lowest BCUT2D eigenvalue weighted by molar-refractivity contribution is 0.161. The molecule has 19 heavy (non-hydrogen) atoms. The molecule has 0 spiro atoms. The second-order valence-corrected chi connectivity index (χ2v) is 4.93. The van der Waals surface area contributed by atoms with Crippen LogP contribution >= 0.6 is 11.6 Å². The van der Waals surface area contributed by atoms with E-state index in [4.69, 9.17) is 21.1 Å². The van der Waals surface area contributed by atoms with Gasteiger partial charge in [-0.15, -0.1) is 0 Å². The Bertz CT molecular complexity index is 419. The van der Waals surface area contributed by atoms with E-state index in [-0.39, 0.29) is 5.28 Å². The average molecular weight is 287 g/mol. The Morgan fingerprint density at radius 2 is 2.21 bits per heavy atom. The Morgan fingerprint density at radius 3 is 2.95 bits per heavy atom. The van der Waals surface area contributed by atoms with E-state index >= 15 is 0 Å². The average Bonchev–Trinajstić information content (AvgIpc) is 2.85. The van der Waals surface area contributed by atoms with Crippen LogP contribution in [0, 0.1) is 5.92 Å². The molecule has 7 heteroatoms. The molecule has 1 atom stereocenters. The van der Waals surface area contributed by atoms with Gasteiger partial charge in [0.05, 0.1) is 13.2 Å². The summed E-state index contributed by atoms with van der Waals surface area (Å²) >= 11 is 5.91. The predicted molar refractivity (Wildman–Crippen MR) is 72.8 cm³/mol. The first-order valence-electron chi connectivity index (χ1n) is 6.51. The van der Waals surface area contributed by atoms with E-state index in [1.54, 1.807) is 7.11 Å². The minimum Gasteiger partial charge on any atom is -0.463 e. The molecule has 2 rings (SSSR count). The number of ether oxygens (including phenoxy) is 2. The first kappa shape index (κ1) is 14.3. The molecule has 0 radical (unpaired) electrons. The number of hydrogen-bond acceptors (Lipinski definition) is 6. The molecule has 1 aliphatic rings. The van der Waals surface area contributed by atoms with Crippen LogP contribution in [-0.2, 0) is 4.74 Å². The van der Waals surface area contributed by atoms with Crippen LogP contribution in [0.1, 0.15) is 19.8 Å². The Balaban J connectivity index is 2.05. The highest BCUT2D eigenvalue weighted by atomic mass is 35.5. The van der Waals surface area contributed by atoms with Crippen molar-refractivity contribution < 1.29 is 9.47 Å². The zero-order valence-electron chi connectivity index (χ0n) is 11.3. The van der Waals surface area contributed by atoms with Gasteiger partial charge in [-0.2, -0.15) is 15.0 Å². The van der Waals surface area contributed by atoms with Gasteiger partial charge in [0.2, 0.25) is 11.2 Å². The van der Waals surface area contributed by atoms with Crippen LogP contribution in [0.5, 0.6) is 6.01 Å². The monoisotopic (exact) mass is 286 g/mol. The van der Waals surface area contributed by atoms with E-state index in [9.17, 15) is 0 Å². The number of rotatable bonds is 6. The largest absolute Gasteiger partial charge is 0.463 e. The lowest BCUT2D eigenvalue weighted by Crippen LogP contribution is -2.23. The van der Waals surface area contributed by atoms with Crippen molar-refractivity contribution >= 4 is 17.5 Å². The highest BCUT2D eigenvalue weighted by Gasteiger charge is 2.25. The first-order valence-corrected chi connectivity index (χ1v) is 6.89. The van der Waals surface area contributed by atoms with Crippen molar-refractivity contribution in [2.24, 2.45) is 5.92 Å². The summed E-state index contributed by atoms with van der Waals surface area (Å²) in [5.74, 6) is 1.10. The van der Waals surface area contributed by atoms with E-state index < -0.39 is 0 Å². The maximum absolute atomic E-state index is 5.91. The van der Waals surface area contributed by atoms with E-state index in [0.29, 0.717) is 24.5 Å². The highest BCUT2D eigenvalue weighted by Crippen LogP contribution is 2.23. The fourth-order valence-corrected chi connectivity index (χ4v) is 2.26. The van der Waals surface area contributed by atoms with E-state index in [1.165, 1.54) is 0 Å². The van der Waals surface area contributed by atoms with Crippen molar-refractivity contribution in [2.45, 2.75) is 19.8 Å². The Morgan fingerprint density at radius 1 is 1.37 bits per heavy atom. The molecule has 0 bridgehead atoms. The Labute approximate surface area is 118 Å². The minimum atomic E-state index is 0.172. The van der Waals surface area contributed by atoms with Gasteiger partial charge in [0.1, 0.15) is 0 Å². The Hall–Kier alpha value is -1.14. The van der Waals surface area contributed by atoms with Gasteiger partial charge in [0.25, 0.3) is 0 Å². The molecule has 1 aliphatic heterocycles. The Kier molecular flexibility index (Phi) is 5.15. The number of nitrogens with zero attached hydrogens (tertiary/aromatic N) is 4. The molecule has 0 aliphatic carbocycles. The zero-order valence-corrected chi connectivity index (χ0v) is 12.1. The molecular formula is C12H19ClN4O2. The molecule has 1 aromatic rings. The molecule has 1 saturated heterocycles. The summed E-state index contributed by atoms with van der Waals surface area (Å²) < 4.78 is 10.6. The van der Waals surface area contributed by atoms with Gasteiger partial charge in [-0.3, -0.25) is 0 Å². The smallest absolute Gasteiger partial charge is 0.322 e. The highest BCUT2D eigenvalue weighted by molar-refractivity contribution is 6.28. The van der Waals surface area contributed by atoms with Gasteiger partial charge in [-0.05, 0) is 24.4 Å². The van der Waals surface area contributed by atoms with E-state index in [2.05, 4.69) is 19.9 Å². The second kappa shape index (κ2) is 6.86. The van der Waals surface area contributed by atoms with Crippen molar-refractivity contribution in [1.29, 1.82) is 0 Å².